The van der Waals surface area contributed by atoms with Crippen molar-refractivity contribution in [1.29, 1.82) is 0 Å². The quantitative estimate of drug-likeness (QED) is 0.429. The monoisotopic (exact) mass is 450 g/mol. The zero-order valence-electron chi connectivity index (χ0n) is 21.2. The average Bonchev–Trinajstić information content (AvgIpc) is 2.67. The van der Waals surface area contributed by atoms with E-state index in [4.69, 9.17) is 0 Å². The first-order chi connectivity index (χ1) is 14.9. The predicted molar refractivity (Wildman–Crippen MR) is 138 cm³/mol. The highest BCUT2D eigenvalue weighted by atomic mass is 31.1. The lowest BCUT2D eigenvalue weighted by Crippen LogP contribution is -2.22. The fourth-order valence-corrected chi connectivity index (χ4v) is 8.17. The highest BCUT2D eigenvalue weighted by Gasteiger charge is 2.38. The van der Waals surface area contributed by atoms with Crippen LogP contribution >= 0.6 is 7.92 Å². The van der Waals surface area contributed by atoms with Crippen molar-refractivity contribution in [3.05, 3.63) is 68.8 Å². The summed E-state index contributed by atoms with van der Waals surface area (Å²) in [5.41, 5.74) is 8.38. The Morgan fingerprint density at radius 2 is 1.12 bits per heavy atom. The molecule has 32 heavy (non-hydrogen) atoms. The van der Waals surface area contributed by atoms with Crippen LogP contribution in [0.3, 0.4) is 0 Å². The molecular formula is C29H39O2P. The van der Waals surface area contributed by atoms with Crippen LogP contribution in [0, 0.1) is 34.6 Å². The van der Waals surface area contributed by atoms with Crippen molar-refractivity contribution in [3.63, 3.8) is 0 Å². The van der Waals surface area contributed by atoms with Crippen LogP contribution in [0.15, 0.2) is 24.3 Å². The van der Waals surface area contributed by atoms with Crippen LogP contribution in [0.2, 0.25) is 0 Å². The van der Waals surface area contributed by atoms with Crippen molar-refractivity contribution >= 4 is 19.0 Å². The lowest BCUT2D eigenvalue weighted by molar-refractivity contribution is 0.104. The molecule has 1 aliphatic carbocycles. The number of carbonyl (C=O) groups excluding carboxylic acids is 2. The molecule has 1 aliphatic rings. The topological polar surface area (TPSA) is 34.1 Å². The molecule has 0 spiro atoms. The third kappa shape index (κ3) is 5.07. The van der Waals surface area contributed by atoms with E-state index >= 15 is 0 Å². The Morgan fingerprint density at radius 3 is 1.53 bits per heavy atom. The van der Waals surface area contributed by atoms with E-state index < -0.39 is 7.92 Å². The molecule has 172 valence electrons. The lowest BCUT2D eigenvalue weighted by atomic mass is 9.84. The number of rotatable bonds is 5. The minimum absolute atomic E-state index is 0.0249. The predicted octanol–water partition coefficient (Wildman–Crippen LogP) is 8.32. The van der Waals surface area contributed by atoms with Crippen molar-refractivity contribution in [2.75, 3.05) is 0 Å². The molecule has 0 aliphatic heterocycles. The molecule has 1 unspecified atom stereocenters. The van der Waals surface area contributed by atoms with Gasteiger partial charge in [-0.25, -0.2) is 0 Å². The molecule has 1 saturated carbocycles. The zero-order valence-corrected chi connectivity index (χ0v) is 22.1. The SMILES string of the molecule is Cc1cc(C)c(C(=O)P(C(=O)c2c(C)cc(C(C)(C)C)cc2C)C2CCCCC2)c(C)c1. The molecule has 0 radical (unpaired) electrons. The Bertz CT molecular complexity index is 990. The largest absolute Gasteiger partial charge is 0.289 e. The van der Waals surface area contributed by atoms with Crippen LogP contribution in [0.1, 0.15) is 107 Å². The Labute approximate surface area is 196 Å². The molecule has 0 aromatic heterocycles. The Hall–Kier alpha value is -1.79. The minimum atomic E-state index is -1.44. The number of carbonyl (C=O) groups is 2. The van der Waals surface area contributed by atoms with Crippen LogP contribution in [0.25, 0.3) is 0 Å². The van der Waals surface area contributed by atoms with Gasteiger partial charge in [-0.05, 0) is 86.4 Å². The average molecular weight is 451 g/mol. The van der Waals surface area contributed by atoms with E-state index in [0.29, 0.717) is 0 Å². The van der Waals surface area contributed by atoms with Crippen molar-refractivity contribution in [1.82, 2.24) is 0 Å². The Kier molecular flexibility index (Phi) is 7.45. The summed E-state index contributed by atoms with van der Waals surface area (Å²) in [6.45, 7) is 16.8. The van der Waals surface area contributed by atoms with Crippen LogP contribution in [-0.2, 0) is 5.41 Å². The molecule has 0 bridgehead atoms. The molecule has 0 amide bonds. The molecule has 1 atom stereocenters. The standard InChI is InChI=1S/C29H39O2P/c1-18-14-19(2)25(20(3)15-18)27(30)32(24-12-10-9-11-13-24)28(31)26-21(4)16-23(17-22(26)5)29(6,7)8/h14-17,24H,9-13H2,1-8H3. The Balaban J connectivity index is 2.12. The van der Waals surface area contributed by atoms with Gasteiger partial charge in [-0.15, -0.1) is 0 Å². The fraction of sp³-hybridized carbons (Fsp3) is 0.517. The fourth-order valence-electron chi connectivity index (χ4n) is 5.26. The van der Waals surface area contributed by atoms with E-state index in [-0.39, 0.29) is 22.1 Å². The summed E-state index contributed by atoms with van der Waals surface area (Å²) in [7, 11) is -1.44. The number of aryl methyl sites for hydroxylation is 5. The summed E-state index contributed by atoms with van der Waals surface area (Å²) in [4.78, 5) is 28.2. The summed E-state index contributed by atoms with van der Waals surface area (Å²) < 4.78 is 0. The van der Waals surface area contributed by atoms with Gasteiger partial charge in [0.2, 0.25) is 0 Å². The molecule has 2 aromatic rings. The van der Waals surface area contributed by atoms with Crippen molar-refractivity contribution in [3.8, 4) is 0 Å². The van der Waals surface area contributed by atoms with Crippen molar-refractivity contribution in [2.45, 2.75) is 98.6 Å². The molecule has 0 N–H and O–H groups in total. The lowest BCUT2D eigenvalue weighted by Gasteiger charge is -2.30. The van der Waals surface area contributed by atoms with E-state index in [1.54, 1.807) is 0 Å². The molecule has 3 heteroatoms. The third-order valence-electron chi connectivity index (χ3n) is 6.88. The summed E-state index contributed by atoms with van der Waals surface area (Å²) >= 11 is 0. The van der Waals surface area contributed by atoms with Crippen molar-refractivity contribution in [2.24, 2.45) is 0 Å². The van der Waals surface area contributed by atoms with Gasteiger partial charge >= 0.3 is 0 Å². The summed E-state index contributed by atoms with van der Waals surface area (Å²) in [5.74, 6) is 0. The van der Waals surface area contributed by atoms with Gasteiger partial charge in [-0.1, -0.05) is 69.9 Å². The van der Waals surface area contributed by atoms with E-state index in [9.17, 15) is 9.59 Å². The van der Waals surface area contributed by atoms with Gasteiger partial charge in [-0.3, -0.25) is 9.59 Å². The maximum absolute atomic E-state index is 14.2. The summed E-state index contributed by atoms with van der Waals surface area (Å²) in [5, 5.41) is 0. The maximum atomic E-state index is 14.2. The van der Waals surface area contributed by atoms with E-state index in [1.165, 1.54) is 12.0 Å². The second kappa shape index (κ2) is 9.60. The van der Waals surface area contributed by atoms with Crippen molar-refractivity contribution < 1.29 is 9.59 Å². The van der Waals surface area contributed by atoms with Gasteiger partial charge in [0, 0.05) is 19.0 Å². The van der Waals surface area contributed by atoms with Crippen LogP contribution in [0.4, 0.5) is 0 Å². The van der Waals surface area contributed by atoms with Gasteiger partial charge in [-0.2, -0.15) is 0 Å². The second-order valence-corrected chi connectivity index (χ2v) is 13.1. The maximum Gasteiger partial charge on any atom is 0.192 e. The first-order valence-corrected chi connectivity index (χ1v) is 13.4. The Morgan fingerprint density at radius 1 is 0.719 bits per heavy atom. The van der Waals surface area contributed by atoms with Crippen LogP contribution < -0.4 is 0 Å². The van der Waals surface area contributed by atoms with Gasteiger partial charge in [0.05, 0.1) is 0 Å². The normalized spacial score (nSPS) is 16.1. The molecule has 2 nitrogen and oxygen atoms in total. The van der Waals surface area contributed by atoms with E-state index in [1.807, 2.05) is 27.7 Å². The minimum Gasteiger partial charge on any atom is -0.289 e. The van der Waals surface area contributed by atoms with Gasteiger partial charge in [0.15, 0.2) is 11.0 Å². The molecule has 0 saturated heterocycles. The summed E-state index contributed by atoms with van der Waals surface area (Å²) in [6.07, 6.45) is 5.44. The van der Waals surface area contributed by atoms with E-state index in [2.05, 4.69) is 52.0 Å². The smallest absolute Gasteiger partial charge is 0.192 e. The molecule has 2 aromatic carbocycles. The highest BCUT2D eigenvalue weighted by Crippen LogP contribution is 2.54. The number of hydrogen-bond acceptors (Lipinski definition) is 2. The van der Waals surface area contributed by atoms with E-state index in [0.717, 1.165) is 64.6 Å². The van der Waals surface area contributed by atoms with Gasteiger partial charge in [0.25, 0.3) is 0 Å². The number of benzene rings is 2. The first-order valence-electron chi connectivity index (χ1n) is 12.0. The van der Waals surface area contributed by atoms with Crippen LogP contribution in [0.5, 0.6) is 0 Å². The van der Waals surface area contributed by atoms with Gasteiger partial charge in [0.1, 0.15) is 0 Å². The zero-order chi connectivity index (χ0) is 23.8. The molecule has 1 fully saturated rings. The first kappa shape index (κ1) is 24.8. The second-order valence-electron chi connectivity index (χ2n) is 10.8. The third-order valence-corrected chi connectivity index (χ3v) is 9.45. The number of hydrogen-bond donors (Lipinski definition) is 0. The molecular weight excluding hydrogens is 411 g/mol. The summed E-state index contributed by atoms with van der Waals surface area (Å²) in [6, 6.07) is 8.46. The van der Waals surface area contributed by atoms with Crippen LogP contribution in [-0.4, -0.2) is 16.7 Å². The highest BCUT2D eigenvalue weighted by molar-refractivity contribution is 7.90. The molecule has 0 heterocycles. The molecule has 3 rings (SSSR count). The van der Waals surface area contributed by atoms with Gasteiger partial charge < -0.3 is 0 Å².